The second-order valence-electron chi connectivity index (χ2n) is 4.07. The minimum atomic E-state index is -1.01. The van der Waals surface area contributed by atoms with Crippen molar-refractivity contribution in [3.8, 4) is 5.75 Å². The molecule has 6 heteroatoms. The molecule has 1 aliphatic heterocycles. The molecule has 1 aliphatic rings. The molecule has 0 bridgehead atoms. The van der Waals surface area contributed by atoms with Crippen LogP contribution in [0.1, 0.15) is 6.42 Å². The van der Waals surface area contributed by atoms with Crippen LogP contribution >= 0.6 is 0 Å². The zero-order valence-corrected chi connectivity index (χ0v) is 10.1. The lowest BCUT2D eigenvalue weighted by molar-refractivity contribution is -0.138. The van der Waals surface area contributed by atoms with Gasteiger partial charge in [0.15, 0.2) is 0 Å². The molecule has 2 N–H and O–H groups in total. The largest absolute Gasteiger partial charge is 0.495 e. The maximum Gasteiger partial charge on any atom is 0.305 e. The van der Waals surface area contributed by atoms with Crippen LogP contribution in [0, 0.1) is 0 Å². The molecule has 6 nitrogen and oxygen atoms in total. The summed E-state index contributed by atoms with van der Waals surface area (Å²) in [5.74, 6) is -0.730. The molecule has 1 unspecified atom stereocenters. The Labute approximate surface area is 104 Å². The van der Waals surface area contributed by atoms with Gasteiger partial charge in [-0.15, -0.1) is 0 Å². The Morgan fingerprint density at radius 1 is 1.56 bits per heavy atom. The number of rotatable bonds is 3. The molecule has 1 amide bonds. The number of carbonyl (C=O) groups is 2. The third-order valence-electron chi connectivity index (χ3n) is 2.97. The first-order chi connectivity index (χ1) is 8.54. The standard InChI is InChI=1S/C12H14N2O4/c1-14-8(6-10(15)16)12(17)13-7-4-3-5-9(18-2)11(7)14/h3-5,8H,6H2,1-2H3,(H,13,17)(H,15,16). The number of fused-ring (bicyclic) bond motifs is 1. The van der Waals surface area contributed by atoms with Crippen molar-refractivity contribution in [2.75, 3.05) is 24.4 Å². The lowest BCUT2D eigenvalue weighted by atomic mass is 10.1. The number of anilines is 2. The van der Waals surface area contributed by atoms with Crippen LogP contribution in [0.15, 0.2) is 18.2 Å². The molecule has 0 spiro atoms. The molecule has 96 valence electrons. The molecule has 0 radical (unpaired) electrons. The van der Waals surface area contributed by atoms with E-state index in [1.807, 2.05) is 0 Å². The Morgan fingerprint density at radius 3 is 2.89 bits per heavy atom. The predicted molar refractivity (Wildman–Crippen MR) is 66.1 cm³/mol. The number of ether oxygens (including phenoxy) is 1. The summed E-state index contributed by atoms with van der Waals surface area (Å²) < 4.78 is 5.23. The highest BCUT2D eigenvalue weighted by Gasteiger charge is 2.33. The van der Waals surface area contributed by atoms with Gasteiger partial charge in [0.05, 0.1) is 19.2 Å². The number of carboxylic acid groups (broad SMARTS) is 1. The number of carboxylic acids is 1. The van der Waals surface area contributed by atoms with E-state index in [2.05, 4.69) is 5.32 Å². The molecule has 1 heterocycles. The first kappa shape index (κ1) is 12.2. The molecule has 0 saturated heterocycles. The highest BCUT2D eigenvalue weighted by Crippen LogP contribution is 2.39. The Balaban J connectivity index is 2.43. The molecule has 18 heavy (non-hydrogen) atoms. The fraction of sp³-hybridized carbons (Fsp3) is 0.333. The Hall–Kier alpha value is -2.24. The average molecular weight is 250 g/mol. The summed E-state index contributed by atoms with van der Waals surface area (Å²) in [7, 11) is 3.22. The van der Waals surface area contributed by atoms with E-state index < -0.39 is 12.0 Å². The van der Waals surface area contributed by atoms with Crippen LogP contribution in [-0.4, -0.2) is 37.2 Å². The van der Waals surface area contributed by atoms with Gasteiger partial charge in [-0.25, -0.2) is 0 Å². The van der Waals surface area contributed by atoms with Gasteiger partial charge in [-0.05, 0) is 12.1 Å². The summed E-state index contributed by atoms with van der Waals surface area (Å²) in [5.41, 5.74) is 1.33. The minimum absolute atomic E-state index is 0.250. The van der Waals surface area contributed by atoms with Gasteiger partial charge in [0, 0.05) is 7.05 Å². The van der Waals surface area contributed by atoms with Gasteiger partial charge in [-0.1, -0.05) is 6.07 Å². The molecular formula is C12H14N2O4. The van der Waals surface area contributed by atoms with Crippen molar-refractivity contribution in [1.82, 2.24) is 0 Å². The number of carbonyl (C=O) groups excluding carboxylic acids is 1. The van der Waals surface area contributed by atoms with Crippen molar-refractivity contribution < 1.29 is 19.4 Å². The molecule has 1 aromatic rings. The normalized spacial score (nSPS) is 18.0. The zero-order valence-electron chi connectivity index (χ0n) is 10.1. The van der Waals surface area contributed by atoms with Gasteiger partial charge in [-0.2, -0.15) is 0 Å². The number of para-hydroxylation sites is 1. The van der Waals surface area contributed by atoms with E-state index >= 15 is 0 Å². The van der Waals surface area contributed by atoms with E-state index in [9.17, 15) is 9.59 Å². The summed E-state index contributed by atoms with van der Waals surface area (Å²) in [6.45, 7) is 0. The first-order valence-corrected chi connectivity index (χ1v) is 5.47. The molecular weight excluding hydrogens is 236 g/mol. The second kappa shape index (κ2) is 4.56. The molecule has 1 aromatic carbocycles. The van der Waals surface area contributed by atoms with E-state index in [4.69, 9.17) is 9.84 Å². The van der Waals surface area contributed by atoms with Crippen molar-refractivity contribution in [3.05, 3.63) is 18.2 Å². The van der Waals surface area contributed by atoms with Gasteiger partial charge in [-0.3, -0.25) is 9.59 Å². The van der Waals surface area contributed by atoms with Crippen molar-refractivity contribution in [2.24, 2.45) is 0 Å². The third-order valence-corrected chi connectivity index (χ3v) is 2.97. The van der Waals surface area contributed by atoms with Crippen LogP contribution < -0.4 is 15.0 Å². The lowest BCUT2D eigenvalue weighted by Gasteiger charge is -2.35. The third kappa shape index (κ3) is 1.97. The molecule has 1 atom stereocenters. The summed E-state index contributed by atoms with van der Waals surface area (Å²) in [5, 5.41) is 11.5. The van der Waals surface area contributed by atoms with Crippen molar-refractivity contribution >= 4 is 23.3 Å². The Bertz CT molecular complexity index is 501. The summed E-state index contributed by atoms with van der Waals surface area (Å²) in [6, 6.07) is 4.56. The number of nitrogens with one attached hydrogen (secondary N) is 1. The van der Waals surface area contributed by atoms with Crippen LogP contribution in [-0.2, 0) is 9.59 Å². The van der Waals surface area contributed by atoms with Crippen molar-refractivity contribution in [2.45, 2.75) is 12.5 Å². The highest BCUT2D eigenvalue weighted by molar-refractivity contribution is 6.06. The number of hydrogen-bond donors (Lipinski definition) is 2. The lowest BCUT2D eigenvalue weighted by Crippen LogP contribution is -2.47. The smallest absolute Gasteiger partial charge is 0.305 e. The number of nitrogens with zero attached hydrogens (tertiary/aromatic N) is 1. The Kier molecular flexibility index (Phi) is 3.10. The van der Waals surface area contributed by atoms with Crippen LogP contribution in [0.2, 0.25) is 0 Å². The van der Waals surface area contributed by atoms with E-state index in [-0.39, 0.29) is 12.3 Å². The number of amides is 1. The second-order valence-corrected chi connectivity index (χ2v) is 4.07. The van der Waals surface area contributed by atoms with Crippen LogP contribution in [0.25, 0.3) is 0 Å². The van der Waals surface area contributed by atoms with E-state index in [0.29, 0.717) is 17.1 Å². The fourth-order valence-corrected chi connectivity index (χ4v) is 2.09. The molecule has 2 rings (SSSR count). The van der Waals surface area contributed by atoms with Gasteiger partial charge < -0.3 is 20.1 Å². The number of hydrogen-bond acceptors (Lipinski definition) is 4. The number of benzene rings is 1. The van der Waals surface area contributed by atoms with Crippen LogP contribution in [0.4, 0.5) is 11.4 Å². The summed E-state index contributed by atoms with van der Waals surface area (Å²) >= 11 is 0. The molecule has 0 fully saturated rings. The predicted octanol–water partition coefficient (Wildman–Crippen LogP) is 0.927. The highest BCUT2D eigenvalue weighted by atomic mass is 16.5. The van der Waals surface area contributed by atoms with Gasteiger partial charge in [0.2, 0.25) is 5.91 Å². The Morgan fingerprint density at radius 2 is 2.28 bits per heavy atom. The number of likely N-dealkylation sites (N-methyl/N-ethyl adjacent to an activating group) is 1. The van der Waals surface area contributed by atoms with Gasteiger partial charge in [0.1, 0.15) is 17.5 Å². The minimum Gasteiger partial charge on any atom is -0.495 e. The van der Waals surface area contributed by atoms with Gasteiger partial charge in [0.25, 0.3) is 0 Å². The first-order valence-electron chi connectivity index (χ1n) is 5.47. The monoisotopic (exact) mass is 250 g/mol. The SMILES string of the molecule is COc1cccc2c1N(C)C(CC(=O)O)C(=O)N2. The number of aliphatic carboxylic acids is 1. The van der Waals surface area contributed by atoms with E-state index in [1.165, 1.54) is 7.11 Å². The molecule has 0 saturated carbocycles. The molecule has 0 aromatic heterocycles. The van der Waals surface area contributed by atoms with Gasteiger partial charge >= 0.3 is 5.97 Å². The maximum absolute atomic E-state index is 11.8. The van der Waals surface area contributed by atoms with Crippen LogP contribution in [0.3, 0.4) is 0 Å². The molecule has 0 aliphatic carbocycles. The van der Waals surface area contributed by atoms with Crippen molar-refractivity contribution in [3.63, 3.8) is 0 Å². The quantitative estimate of drug-likeness (QED) is 0.834. The average Bonchev–Trinajstić information content (AvgIpc) is 2.33. The van der Waals surface area contributed by atoms with Crippen molar-refractivity contribution in [1.29, 1.82) is 0 Å². The number of methoxy groups -OCH3 is 1. The van der Waals surface area contributed by atoms with E-state index in [1.54, 1.807) is 30.1 Å². The van der Waals surface area contributed by atoms with E-state index in [0.717, 1.165) is 0 Å². The summed E-state index contributed by atoms with van der Waals surface area (Å²) in [4.78, 5) is 24.3. The summed E-state index contributed by atoms with van der Waals surface area (Å²) in [6.07, 6.45) is -0.250. The fourth-order valence-electron chi connectivity index (χ4n) is 2.09. The topological polar surface area (TPSA) is 78.9 Å². The zero-order chi connectivity index (χ0) is 13.3. The van der Waals surface area contributed by atoms with Crippen LogP contribution in [0.5, 0.6) is 5.75 Å². The maximum atomic E-state index is 11.8.